The summed E-state index contributed by atoms with van der Waals surface area (Å²) in [6.07, 6.45) is 5.30. The number of phenols is 1. The van der Waals surface area contributed by atoms with Crippen molar-refractivity contribution in [1.82, 2.24) is 10.2 Å². The van der Waals surface area contributed by atoms with Crippen LogP contribution in [0.1, 0.15) is 41.3 Å². The van der Waals surface area contributed by atoms with Crippen LogP contribution in [0.5, 0.6) is 11.5 Å². The van der Waals surface area contributed by atoms with Crippen molar-refractivity contribution >= 4 is 40.5 Å². The second kappa shape index (κ2) is 13.3. The highest BCUT2D eigenvalue weighted by atomic mass is 35.5. The summed E-state index contributed by atoms with van der Waals surface area (Å²) in [4.78, 5) is 20.4. The van der Waals surface area contributed by atoms with Gasteiger partial charge in [-0.3, -0.25) is 9.69 Å². The van der Waals surface area contributed by atoms with Crippen LogP contribution in [0, 0.1) is 0 Å². The zero-order valence-corrected chi connectivity index (χ0v) is 25.9. The minimum atomic E-state index is -0.290. The molecule has 6 rings (SSSR count). The number of piperazine rings is 1. The van der Waals surface area contributed by atoms with Crippen molar-refractivity contribution in [2.24, 2.45) is 0 Å². The predicted octanol–water partition coefficient (Wildman–Crippen LogP) is 6.12. The molecule has 0 aliphatic carbocycles. The second-order valence-corrected chi connectivity index (χ2v) is 11.9. The molecule has 0 amide bonds. The SMILES string of the molecule is C=C1Nc2ccccc2N1C1CCCN(Cc2cc(C(=O)/C=C/c3ccc(N4CCNCC4)cc3Cl)c(O)cc2OCC)C1. The number of ether oxygens (including phenoxy) is 1. The third kappa shape index (κ3) is 6.43. The minimum absolute atomic E-state index is 0.0976. The Labute approximate surface area is 264 Å². The molecule has 3 aromatic rings. The highest BCUT2D eigenvalue weighted by Gasteiger charge is 2.32. The van der Waals surface area contributed by atoms with Gasteiger partial charge in [-0.15, -0.1) is 0 Å². The first-order valence-electron chi connectivity index (χ1n) is 15.4. The van der Waals surface area contributed by atoms with Crippen molar-refractivity contribution in [3.05, 3.63) is 94.8 Å². The molecule has 9 heteroatoms. The van der Waals surface area contributed by atoms with E-state index in [-0.39, 0.29) is 23.1 Å². The molecule has 3 N–H and O–H groups in total. The summed E-state index contributed by atoms with van der Waals surface area (Å²) in [5, 5.41) is 18.2. The van der Waals surface area contributed by atoms with Crippen LogP contribution in [0.3, 0.4) is 0 Å². The van der Waals surface area contributed by atoms with Gasteiger partial charge in [-0.1, -0.05) is 36.4 Å². The molecule has 0 aromatic heterocycles. The Morgan fingerprint density at radius 3 is 2.75 bits per heavy atom. The zero-order chi connectivity index (χ0) is 30.6. The van der Waals surface area contributed by atoms with Crippen molar-refractivity contribution in [2.75, 3.05) is 61.0 Å². The summed E-state index contributed by atoms with van der Waals surface area (Å²) in [6, 6.07) is 17.8. The van der Waals surface area contributed by atoms with Gasteiger partial charge in [0.05, 0.1) is 23.5 Å². The number of rotatable bonds is 9. The highest BCUT2D eigenvalue weighted by Crippen LogP contribution is 2.39. The van der Waals surface area contributed by atoms with Gasteiger partial charge >= 0.3 is 0 Å². The molecule has 3 aliphatic rings. The Bertz CT molecular complexity index is 1570. The molecule has 1 unspecified atom stereocenters. The number of nitrogens with zero attached hydrogens (tertiary/aromatic N) is 3. The quantitative estimate of drug-likeness (QED) is 0.197. The van der Waals surface area contributed by atoms with Crippen LogP contribution in [-0.2, 0) is 6.54 Å². The predicted molar refractivity (Wildman–Crippen MR) is 179 cm³/mol. The number of hydrogen-bond donors (Lipinski definition) is 3. The topological polar surface area (TPSA) is 80.3 Å². The number of carbonyl (C=O) groups is 1. The Morgan fingerprint density at radius 1 is 1.14 bits per heavy atom. The molecule has 8 nitrogen and oxygen atoms in total. The molecule has 230 valence electrons. The van der Waals surface area contributed by atoms with Crippen molar-refractivity contribution in [2.45, 2.75) is 32.4 Å². The van der Waals surface area contributed by atoms with Crippen molar-refractivity contribution in [1.29, 1.82) is 0 Å². The van der Waals surface area contributed by atoms with Crippen molar-refractivity contribution in [3.63, 3.8) is 0 Å². The maximum atomic E-state index is 13.4. The fourth-order valence-corrected chi connectivity index (χ4v) is 6.68. The van der Waals surface area contributed by atoms with E-state index in [9.17, 15) is 9.90 Å². The van der Waals surface area contributed by atoms with E-state index in [0.29, 0.717) is 23.9 Å². The average Bonchev–Trinajstić information content (AvgIpc) is 3.37. The number of carbonyl (C=O) groups excluding carboxylic acids is 1. The fourth-order valence-electron chi connectivity index (χ4n) is 6.44. The van der Waals surface area contributed by atoms with Crippen LogP contribution in [0.15, 0.2) is 73.1 Å². The number of likely N-dealkylation sites (tertiary alicyclic amines) is 1. The number of benzene rings is 3. The van der Waals surface area contributed by atoms with Crippen LogP contribution in [0.25, 0.3) is 6.08 Å². The number of piperidine rings is 1. The Morgan fingerprint density at radius 2 is 1.95 bits per heavy atom. The molecule has 3 aromatic carbocycles. The van der Waals surface area contributed by atoms with Gasteiger partial charge in [-0.05, 0) is 74.4 Å². The number of hydrogen-bond acceptors (Lipinski definition) is 8. The molecule has 0 spiro atoms. The standard InChI is InChI=1S/C35H40ClN5O3/c1-3-44-35-21-34(43)29(33(42)13-11-25-10-12-27(20-30(25)36)40-17-14-37-15-18-40)19-26(35)22-39-16-6-7-28(23-39)41-24(2)38-31-8-4-5-9-32(31)41/h4-5,8-13,19-21,28,37-38,43H,2-3,6-7,14-18,22-23H2,1H3/b13-11+. The lowest BCUT2D eigenvalue weighted by molar-refractivity contribution is 0.104. The summed E-state index contributed by atoms with van der Waals surface area (Å²) >= 11 is 6.61. The number of halogens is 1. The van der Waals surface area contributed by atoms with Gasteiger partial charge in [-0.25, -0.2) is 0 Å². The number of fused-ring (bicyclic) bond motifs is 1. The molecule has 3 heterocycles. The lowest BCUT2D eigenvalue weighted by atomic mass is 10.00. The van der Waals surface area contributed by atoms with E-state index in [1.807, 2.05) is 31.2 Å². The van der Waals surface area contributed by atoms with Crippen LogP contribution in [0.4, 0.5) is 17.1 Å². The molecule has 44 heavy (non-hydrogen) atoms. The normalized spacial score (nSPS) is 18.9. The molecule has 3 aliphatic heterocycles. The number of para-hydroxylation sites is 2. The maximum Gasteiger partial charge on any atom is 0.189 e. The number of allylic oxidation sites excluding steroid dienone is 1. The van der Waals surface area contributed by atoms with Crippen molar-refractivity contribution in [3.8, 4) is 11.5 Å². The van der Waals surface area contributed by atoms with Gasteiger partial charge < -0.3 is 30.3 Å². The molecule has 0 saturated carbocycles. The summed E-state index contributed by atoms with van der Waals surface area (Å²) in [5.41, 5.74) is 5.18. The van der Waals surface area contributed by atoms with Crippen molar-refractivity contribution < 1.29 is 14.6 Å². The summed E-state index contributed by atoms with van der Waals surface area (Å²) < 4.78 is 5.91. The Balaban J connectivity index is 1.18. The second-order valence-electron chi connectivity index (χ2n) is 11.5. The van der Waals surface area contributed by atoms with Gasteiger partial charge in [0.2, 0.25) is 0 Å². The van der Waals surface area contributed by atoms with E-state index in [1.165, 1.54) is 6.08 Å². The Hall–Kier alpha value is -3.98. The number of nitrogens with one attached hydrogen (secondary N) is 2. The maximum absolute atomic E-state index is 13.4. The third-order valence-corrected chi connectivity index (χ3v) is 8.92. The lowest BCUT2D eigenvalue weighted by Gasteiger charge is -2.39. The number of aromatic hydroxyl groups is 1. The van der Waals surface area contributed by atoms with E-state index in [2.05, 4.69) is 50.1 Å². The van der Waals surface area contributed by atoms with E-state index in [0.717, 1.165) is 86.1 Å². The monoisotopic (exact) mass is 613 g/mol. The van der Waals surface area contributed by atoms with Gasteiger partial charge in [-0.2, -0.15) is 0 Å². The molecule has 0 bridgehead atoms. The first kappa shape index (κ1) is 30.1. The van der Waals surface area contributed by atoms with Crippen LogP contribution >= 0.6 is 11.6 Å². The molecule has 1 atom stereocenters. The Kier molecular flexibility index (Phi) is 9.12. The molecule has 2 fully saturated rings. The summed E-state index contributed by atoms with van der Waals surface area (Å²) in [5.74, 6) is 1.11. The average molecular weight is 614 g/mol. The van der Waals surface area contributed by atoms with Gasteiger partial charge in [0, 0.05) is 67.7 Å². The first-order valence-corrected chi connectivity index (χ1v) is 15.8. The van der Waals surface area contributed by atoms with E-state index >= 15 is 0 Å². The van der Waals surface area contributed by atoms with E-state index in [1.54, 1.807) is 18.2 Å². The number of phenolic OH excluding ortho intramolecular Hbond substituents is 1. The van der Waals surface area contributed by atoms with E-state index < -0.39 is 0 Å². The lowest BCUT2D eigenvalue weighted by Crippen LogP contribution is -2.46. The van der Waals surface area contributed by atoms with Crippen LogP contribution < -0.4 is 25.2 Å². The highest BCUT2D eigenvalue weighted by molar-refractivity contribution is 6.32. The molecular formula is C35H40ClN5O3. The van der Waals surface area contributed by atoms with Crippen LogP contribution in [-0.4, -0.2) is 67.7 Å². The minimum Gasteiger partial charge on any atom is -0.507 e. The zero-order valence-electron chi connectivity index (χ0n) is 25.2. The fraction of sp³-hybridized carbons (Fsp3) is 0.343. The molecular weight excluding hydrogens is 574 g/mol. The van der Waals surface area contributed by atoms with E-state index in [4.69, 9.17) is 16.3 Å². The summed E-state index contributed by atoms with van der Waals surface area (Å²) in [7, 11) is 0. The number of anilines is 3. The molecule has 2 saturated heterocycles. The number of ketones is 1. The third-order valence-electron chi connectivity index (χ3n) is 8.60. The van der Waals surface area contributed by atoms with Gasteiger partial charge in [0.15, 0.2) is 5.78 Å². The van der Waals surface area contributed by atoms with Gasteiger partial charge in [0.25, 0.3) is 0 Å². The summed E-state index contributed by atoms with van der Waals surface area (Å²) in [6.45, 7) is 12.8. The van der Waals surface area contributed by atoms with Crippen LogP contribution in [0.2, 0.25) is 5.02 Å². The largest absolute Gasteiger partial charge is 0.507 e. The molecule has 0 radical (unpaired) electrons. The van der Waals surface area contributed by atoms with Gasteiger partial charge in [0.1, 0.15) is 17.3 Å². The smallest absolute Gasteiger partial charge is 0.189 e. The first-order chi connectivity index (χ1) is 21.4.